The van der Waals surface area contributed by atoms with Gasteiger partial charge in [-0.3, -0.25) is 4.68 Å². The fourth-order valence-corrected chi connectivity index (χ4v) is 2.24. The molecule has 0 aliphatic carbocycles. The summed E-state index contributed by atoms with van der Waals surface area (Å²) in [7, 11) is 1.85. The minimum Gasteiger partial charge on any atom is -0.394 e. The zero-order valence-corrected chi connectivity index (χ0v) is 11.1. The molecule has 18 heavy (non-hydrogen) atoms. The zero-order valence-electron chi connectivity index (χ0n) is 11.1. The summed E-state index contributed by atoms with van der Waals surface area (Å²) in [4.78, 5) is 0. The van der Waals surface area contributed by atoms with Crippen molar-refractivity contribution < 1.29 is 9.84 Å². The number of nitrogen functional groups attached to an aromatic ring is 1. The Morgan fingerprint density at radius 3 is 2.72 bits per heavy atom. The molecule has 1 saturated heterocycles. The number of anilines is 2. The maximum Gasteiger partial charge on any atom is 0.147 e. The first-order chi connectivity index (χ1) is 8.56. The lowest BCUT2D eigenvalue weighted by atomic mass is 9.94. The molecule has 0 bridgehead atoms. The fraction of sp³-hybridized carbons (Fsp3) is 0.750. The number of ether oxygens (including phenoxy) is 1. The first kappa shape index (κ1) is 13.2. The third kappa shape index (κ3) is 2.59. The van der Waals surface area contributed by atoms with Crippen LogP contribution in [0.4, 0.5) is 11.5 Å². The predicted molar refractivity (Wildman–Crippen MR) is 70.5 cm³/mol. The van der Waals surface area contributed by atoms with Gasteiger partial charge in [-0.25, -0.2) is 0 Å². The Morgan fingerprint density at radius 1 is 1.50 bits per heavy atom. The molecular weight excluding hydrogens is 232 g/mol. The lowest BCUT2D eigenvalue weighted by molar-refractivity contribution is -0.0544. The van der Waals surface area contributed by atoms with E-state index in [4.69, 9.17) is 10.5 Å². The van der Waals surface area contributed by atoms with Crippen molar-refractivity contribution in [1.29, 1.82) is 0 Å². The van der Waals surface area contributed by atoms with Crippen LogP contribution in [0, 0.1) is 0 Å². The molecule has 4 N–H and O–H groups in total. The molecule has 0 radical (unpaired) electrons. The van der Waals surface area contributed by atoms with Gasteiger partial charge in [-0.05, 0) is 6.42 Å². The largest absolute Gasteiger partial charge is 0.394 e. The molecule has 1 aliphatic rings. The van der Waals surface area contributed by atoms with E-state index in [9.17, 15) is 5.11 Å². The van der Waals surface area contributed by atoms with Crippen molar-refractivity contribution in [3.05, 3.63) is 5.69 Å². The van der Waals surface area contributed by atoms with Gasteiger partial charge in [-0.2, -0.15) is 5.10 Å². The number of hydrogen-bond donors (Lipinski definition) is 3. The van der Waals surface area contributed by atoms with Gasteiger partial charge in [0.1, 0.15) is 5.82 Å². The second kappa shape index (κ2) is 5.16. The lowest BCUT2D eigenvalue weighted by Gasteiger charge is -2.32. The third-order valence-electron chi connectivity index (χ3n) is 3.50. The van der Waals surface area contributed by atoms with Gasteiger partial charge in [0.05, 0.1) is 17.0 Å². The number of aliphatic hydroxyl groups is 1. The van der Waals surface area contributed by atoms with E-state index in [-0.39, 0.29) is 0 Å². The van der Waals surface area contributed by atoms with Crippen LogP contribution in [0.15, 0.2) is 0 Å². The van der Waals surface area contributed by atoms with Crippen LogP contribution in [0.1, 0.15) is 25.5 Å². The predicted octanol–water partition coefficient (Wildman–Crippen LogP) is 0.518. The molecule has 0 saturated carbocycles. The highest BCUT2D eigenvalue weighted by Gasteiger charge is 2.30. The Labute approximate surface area is 107 Å². The van der Waals surface area contributed by atoms with Gasteiger partial charge in [0.15, 0.2) is 0 Å². The Hall–Kier alpha value is -1.27. The van der Waals surface area contributed by atoms with E-state index in [1.807, 2.05) is 14.0 Å². The van der Waals surface area contributed by atoms with Crippen LogP contribution in [0.5, 0.6) is 0 Å². The summed E-state index contributed by atoms with van der Waals surface area (Å²) in [5.41, 5.74) is 6.88. The Morgan fingerprint density at radius 2 is 2.17 bits per heavy atom. The maximum atomic E-state index is 10.4. The Kier molecular flexibility index (Phi) is 3.77. The summed E-state index contributed by atoms with van der Waals surface area (Å²) in [5, 5.41) is 17.9. The molecule has 1 aromatic rings. The molecule has 2 heterocycles. The molecular formula is C12H22N4O2. The van der Waals surface area contributed by atoms with E-state index in [0.29, 0.717) is 38.3 Å². The molecule has 0 amide bonds. The highest BCUT2D eigenvalue weighted by molar-refractivity contribution is 5.65. The molecule has 6 nitrogen and oxygen atoms in total. The van der Waals surface area contributed by atoms with Gasteiger partial charge in [0, 0.05) is 39.6 Å². The Bertz CT molecular complexity index is 410. The standard InChI is InChI=1S/C12H22N4O2/c1-3-9-10(13)11(16(2)15-9)14-8-12(17)4-6-18-7-5-12/h14,17H,3-8,13H2,1-2H3. The van der Waals surface area contributed by atoms with Crippen LogP contribution >= 0.6 is 0 Å². The summed E-state index contributed by atoms with van der Waals surface area (Å²) in [5.74, 6) is 0.784. The van der Waals surface area contributed by atoms with Gasteiger partial charge < -0.3 is 20.9 Å². The number of nitrogens with one attached hydrogen (secondary N) is 1. The molecule has 6 heteroatoms. The van der Waals surface area contributed by atoms with Gasteiger partial charge in [-0.1, -0.05) is 6.92 Å². The average molecular weight is 254 g/mol. The van der Waals surface area contributed by atoms with E-state index in [1.165, 1.54) is 0 Å². The van der Waals surface area contributed by atoms with E-state index >= 15 is 0 Å². The monoisotopic (exact) mass is 254 g/mol. The normalized spacial score (nSPS) is 18.8. The fourth-order valence-electron chi connectivity index (χ4n) is 2.24. The van der Waals surface area contributed by atoms with E-state index in [1.54, 1.807) is 4.68 Å². The summed E-state index contributed by atoms with van der Waals surface area (Å²) < 4.78 is 6.99. The first-order valence-corrected chi connectivity index (χ1v) is 6.41. The number of rotatable bonds is 4. The molecule has 2 rings (SSSR count). The summed E-state index contributed by atoms with van der Waals surface area (Å²) in [6.45, 7) is 3.72. The van der Waals surface area contributed by atoms with Crippen LogP contribution < -0.4 is 11.1 Å². The molecule has 1 aromatic heterocycles. The van der Waals surface area contributed by atoms with Crippen LogP contribution in [0.25, 0.3) is 0 Å². The average Bonchev–Trinajstić information content (AvgIpc) is 2.63. The minimum absolute atomic E-state index is 0.475. The summed E-state index contributed by atoms with van der Waals surface area (Å²) in [6, 6.07) is 0. The van der Waals surface area contributed by atoms with Crippen molar-refractivity contribution in [2.75, 3.05) is 30.8 Å². The number of nitrogens with two attached hydrogens (primary N) is 1. The quantitative estimate of drug-likeness (QED) is 0.729. The van der Waals surface area contributed by atoms with Crippen molar-refractivity contribution in [2.24, 2.45) is 7.05 Å². The number of hydrogen-bond acceptors (Lipinski definition) is 5. The topological polar surface area (TPSA) is 85.3 Å². The van der Waals surface area contributed by atoms with Gasteiger partial charge in [0.2, 0.25) is 0 Å². The van der Waals surface area contributed by atoms with Crippen LogP contribution in [-0.2, 0) is 18.2 Å². The van der Waals surface area contributed by atoms with Crippen molar-refractivity contribution >= 4 is 11.5 Å². The van der Waals surface area contributed by atoms with Crippen LogP contribution in [0.3, 0.4) is 0 Å². The number of aryl methyl sites for hydroxylation is 2. The van der Waals surface area contributed by atoms with Crippen molar-refractivity contribution in [3.8, 4) is 0 Å². The van der Waals surface area contributed by atoms with Gasteiger partial charge in [0.25, 0.3) is 0 Å². The van der Waals surface area contributed by atoms with Gasteiger partial charge in [-0.15, -0.1) is 0 Å². The van der Waals surface area contributed by atoms with Gasteiger partial charge >= 0.3 is 0 Å². The third-order valence-corrected chi connectivity index (χ3v) is 3.50. The Balaban J connectivity index is 2.03. The van der Waals surface area contributed by atoms with E-state index in [2.05, 4.69) is 10.4 Å². The molecule has 1 fully saturated rings. The second-order valence-electron chi connectivity index (χ2n) is 4.88. The second-order valence-corrected chi connectivity index (χ2v) is 4.88. The smallest absolute Gasteiger partial charge is 0.147 e. The maximum absolute atomic E-state index is 10.4. The number of aromatic nitrogens is 2. The van der Waals surface area contributed by atoms with Crippen LogP contribution in [0.2, 0.25) is 0 Å². The molecule has 0 aromatic carbocycles. The van der Waals surface area contributed by atoms with E-state index < -0.39 is 5.60 Å². The highest BCUT2D eigenvalue weighted by atomic mass is 16.5. The van der Waals surface area contributed by atoms with Crippen molar-refractivity contribution in [2.45, 2.75) is 31.8 Å². The zero-order chi connectivity index (χ0) is 13.2. The molecule has 0 unspecified atom stereocenters. The number of nitrogens with zero attached hydrogens (tertiary/aromatic N) is 2. The first-order valence-electron chi connectivity index (χ1n) is 6.41. The van der Waals surface area contributed by atoms with Crippen LogP contribution in [-0.4, -0.2) is 40.2 Å². The van der Waals surface area contributed by atoms with Crippen molar-refractivity contribution in [3.63, 3.8) is 0 Å². The molecule has 102 valence electrons. The molecule has 0 atom stereocenters. The summed E-state index contributed by atoms with van der Waals surface area (Å²) >= 11 is 0. The molecule has 1 aliphatic heterocycles. The summed E-state index contributed by atoms with van der Waals surface area (Å²) in [6.07, 6.45) is 2.11. The SMILES string of the molecule is CCc1nn(C)c(NCC2(O)CCOCC2)c1N. The van der Waals surface area contributed by atoms with E-state index in [0.717, 1.165) is 17.9 Å². The highest BCUT2D eigenvalue weighted by Crippen LogP contribution is 2.25. The lowest BCUT2D eigenvalue weighted by Crippen LogP contribution is -2.42. The minimum atomic E-state index is -0.707. The van der Waals surface area contributed by atoms with Crippen molar-refractivity contribution in [1.82, 2.24) is 9.78 Å². The molecule has 0 spiro atoms.